The number of hydrogen-bond donors (Lipinski definition) is 1. The lowest BCUT2D eigenvalue weighted by Gasteiger charge is -2.25. The van der Waals surface area contributed by atoms with Gasteiger partial charge in [-0.1, -0.05) is 44.7 Å². The van der Waals surface area contributed by atoms with Crippen LogP contribution in [-0.4, -0.2) is 39.2 Å². The van der Waals surface area contributed by atoms with E-state index in [9.17, 15) is 0 Å². The van der Waals surface area contributed by atoms with Crippen molar-refractivity contribution in [3.05, 3.63) is 29.8 Å². The predicted molar refractivity (Wildman–Crippen MR) is 91.1 cm³/mol. The van der Waals surface area contributed by atoms with E-state index in [-0.39, 0.29) is 0 Å². The molecule has 120 valence electrons. The van der Waals surface area contributed by atoms with Gasteiger partial charge >= 0.3 is 0 Å². The molecule has 0 aliphatic heterocycles. The Morgan fingerprint density at radius 2 is 1.90 bits per heavy atom. The number of hydrogen-bond acceptors (Lipinski definition) is 3. The summed E-state index contributed by atoms with van der Waals surface area (Å²) in [4.78, 5) is 2.26. The molecule has 0 fully saturated rings. The third-order valence-electron chi connectivity index (χ3n) is 3.90. The molecule has 1 aromatic carbocycles. The van der Waals surface area contributed by atoms with Gasteiger partial charge in [-0.05, 0) is 44.8 Å². The van der Waals surface area contributed by atoms with E-state index >= 15 is 0 Å². The molecular formula is C18H32N2O. The van der Waals surface area contributed by atoms with E-state index in [1.165, 1.54) is 37.7 Å². The molecule has 0 radical (unpaired) electrons. The maximum Gasteiger partial charge on any atom is 0.119 e. The van der Waals surface area contributed by atoms with Crippen LogP contribution in [0.3, 0.4) is 0 Å². The maximum absolute atomic E-state index is 5.33. The van der Waals surface area contributed by atoms with Crippen LogP contribution in [0.5, 0.6) is 5.75 Å². The van der Waals surface area contributed by atoms with Gasteiger partial charge in [-0.15, -0.1) is 0 Å². The lowest BCUT2D eigenvalue weighted by molar-refractivity contribution is 0.287. The van der Waals surface area contributed by atoms with Gasteiger partial charge in [0.2, 0.25) is 0 Å². The molecule has 0 aromatic heterocycles. The van der Waals surface area contributed by atoms with Crippen LogP contribution in [0.4, 0.5) is 0 Å². The van der Waals surface area contributed by atoms with E-state index in [2.05, 4.69) is 49.4 Å². The molecule has 0 amide bonds. The summed E-state index contributed by atoms with van der Waals surface area (Å²) in [6.45, 7) is 4.35. The summed E-state index contributed by atoms with van der Waals surface area (Å²) in [6, 6.07) is 8.76. The second kappa shape index (κ2) is 10.6. The van der Waals surface area contributed by atoms with Crippen molar-refractivity contribution in [2.75, 3.05) is 34.3 Å². The van der Waals surface area contributed by atoms with Gasteiger partial charge in [0.1, 0.15) is 5.75 Å². The lowest BCUT2D eigenvalue weighted by Crippen LogP contribution is -2.31. The molecule has 0 spiro atoms. The quantitative estimate of drug-likeness (QED) is 0.627. The summed E-state index contributed by atoms with van der Waals surface area (Å²) in [6.07, 6.45) is 6.66. The molecule has 0 bridgehead atoms. The van der Waals surface area contributed by atoms with Gasteiger partial charge in [0, 0.05) is 12.6 Å². The number of rotatable bonds is 11. The molecule has 1 aromatic rings. The van der Waals surface area contributed by atoms with Crippen LogP contribution in [0.2, 0.25) is 0 Å². The molecule has 0 heterocycles. The summed E-state index contributed by atoms with van der Waals surface area (Å²) in [7, 11) is 5.98. The highest BCUT2D eigenvalue weighted by atomic mass is 16.5. The first kappa shape index (κ1) is 18.0. The van der Waals surface area contributed by atoms with Gasteiger partial charge in [-0.3, -0.25) is 0 Å². The first-order valence-electron chi connectivity index (χ1n) is 8.20. The van der Waals surface area contributed by atoms with Crippen LogP contribution in [0.25, 0.3) is 0 Å². The molecule has 1 unspecified atom stereocenters. The second-order valence-corrected chi connectivity index (χ2v) is 5.87. The minimum Gasteiger partial charge on any atom is -0.497 e. The van der Waals surface area contributed by atoms with Crippen molar-refractivity contribution < 1.29 is 4.74 Å². The molecular weight excluding hydrogens is 260 g/mol. The van der Waals surface area contributed by atoms with Gasteiger partial charge in [-0.25, -0.2) is 0 Å². The van der Waals surface area contributed by atoms with E-state index in [0.29, 0.717) is 6.04 Å². The molecule has 0 aliphatic carbocycles. The Bertz CT molecular complexity index is 379. The highest BCUT2D eigenvalue weighted by Gasteiger charge is 2.14. The van der Waals surface area contributed by atoms with Crippen LogP contribution in [0, 0.1) is 0 Å². The number of methoxy groups -OCH3 is 1. The monoisotopic (exact) mass is 292 g/mol. The Morgan fingerprint density at radius 1 is 1.14 bits per heavy atom. The Labute approximate surface area is 130 Å². The Balaban J connectivity index is 2.39. The van der Waals surface area contributed by atoms with Gasteiger partial charge in [0.05, 0.1) is 7.11 Å². The highest BCUT2D eigenvalue weighted by Crippen LogP contribution is 2.22. The fourth-order valence-corrected chi connectivity index (χ4v) is 2.54. The maximum atomic E-state index is 5.33. The third kappa shape index (κ3) is 6.96. The van der Waals surface area contributed by atoms with E-state index in [0.717, 1.165) is 18.8 Å². The summed E-state index contributed by atoms with van der Waals surface area (Å²) in [5.41, 5.74) is 1.30. The number of likely N-dealkylation sites (N-methyl/N-ethyl adjacent to an activating group) is 1. The number of nitrogens with zero attached hydrogens (tertiary/aromatic N) is 1. The molecule has 1 rings (SSSR count). The van der Waals surface area contributed by atoms with Crippen LogP contribution in [-0.2, 0) is 0 Å². The van der Waals surface area contributed by atoms with Crippen LogP contribution < -0.4 is 10.1 Å². The van der Waals surface area contributed by atoms with Crippen LogP contribution >= 0.6 is 0 Å². The van der Waals surface area contributed by atoms with E-state index in [1.54, 1.807) is 7.11 Å². The molecule has 1 N–H and O–H groups in total. The zero-order valence-electron chi connectivity index (χ0n) is 14.2. The molecule has 0 saturated heterocycles. The normalized spacial score (nSPS) is 12.6. The number of nitrogens with one attached hydrogen (secondary N) is 1. The topological polar surface area (TPSA) is 24.5 Å². The fourth-order valence-electron chi connectivity index (χ4n) is 2.54. The van der Waals surface area contributed by atoms with Gasteiger partial charge < -0.3 is 15.0 Å². The van der Waals surface area contributed by atoms with Crippen LogP contribution in [0.15, 0.2) is 24.3 Å². The number of ether oxygens (including phenoxy) is 1. The van der Waals surface area contributed by atoms with Gasteiger partial charge in [0.25, 0.3) is 0 Å². The highest BCUT2D eigenvalue weighted by molar-refractivity contribution is 5.30. The van der Waals surface area contributed by atoms with Crippen molar-refractivity contribution in [1.82, 2.24) is 10.2 Å². The standard InChI is InChI=1S/C18H32N2O/c1-5-6-7-8-9-13-19-15-18(20(2)3)16-11-10-12-17(14-16)21-4/h10-12,14,18-19H,5-9,13,15H2,1-4H3. The van der Waals surface area contributed by atoms with Crippen LogP contribution in [0.1, 0.15) is 50.6 Å². The molecule has 0 aliphatic rings. The van der Waals surface area contributed by atoms with Crippen molar-refractivity contribution in [2.24, 2.45) is 0 Å². The average Bonchev–Trinajstić information content (AvgIpc) is 2.49. The second-order valence-electron chi connectivity index (χ2n) is 5.87. The van der Waals surface area contributed by atoms with E-state index < -0.39 is 0 Å². The molecule has 0 saturated carbocycles. The SMILES string of the molecule is CCCCCCCNCC(c1cccc(OC)c1)N(C)C. The summed E-state index contributed by atoms with van der Waals surface area (Å²) in [5.74, 6) is 0.930. The zero-order chi connectivity index (χ0) is 15.5. The molecule has 21 heavy (non-hydrogen) atoms. The lowest BCUT2D eigenvalue weighted by atomic mass is 10.1. The van der Waals surface area contributed by atoms with E-state index in [1.807, 2.05) is 6.07 Å². The summed E-state index contributed by atoms with van der Waals surface area (Å²) in [5, 5.41) is 3.60. The summed E-state index contributed by atoms with van der Waals surface area (Å²) < 4.78 is 5.33. The third-order valence-corrected chi connectivity index (χ3v) is 3.90. The first-order chi connectivity index (χ1) is 10.2. The van der Waals surface area contributed by atoms with Crippen molar-refractivity contribution >= 4 is 0 Å². The van der Waals surface area contributed by atoms with Crippen molar-refractivity contribution in [2.45, 2.75) is 45.1 Å². The Morgan fingerprint density at radius 3 is 2.57 bits per heavy atom. The van der Waals surface area contributed by atoms with Crippen molar-refractivity contribution in [3.63, 3.8) is 0 Å². The largest absolute Gasteiger partial charge is 0.497 e. The smallest absolute Gasteiger partial charge is 0.119 e. The molecule has 1 atom stereocenters. The summed E-state index contributed by atoms with van der Waals surface area (Å²) >= 11 is 0. The number of benzene rings is 1. The minimum atomic E-state index is 0.385. The van der Waals surface area contributed by atoms with Gasteiger partial charge in [0.15, 0.2) is 0 Å². The van der Waals surface area contributed by atoms with E-state index in [4.69, 9.17) is 4.74 Å². The Hall–Kier alpha value is -1.06. The first-order valence-corrected chi connectivity index (χ1v) is 8.20. The van der Waals surface area contributed by atoms with Crippen molar-refractivity contribution in [1.29, 1.82) is 0 Å². The predicted octanol–water partition coefficient (Wildman–Crippen LogP) is 3.86. The van der Waals surface area contributed by atoms with Crippen molar-refractivity contribution in [3.8, 4) is 5.75 Å². The Kier molecular flexibility index (Phi) is 9.11. The molecule has 3 heteroatoms. The average molecular weight is 292 g/mol. The minimum absolute atomic E-state index is 0.385. The van der Waals surface area contributed by atoms with Gasteiger partial charge in [-0.2, -0.15) is 0 Å². The fraction of sp³-hybridized carbons (Fsp3) is 0.667. The molecule has 3 nitrogen and oxygen atoms in total. The zero-order valence-corrected chi connectivity index (χ0v) is 14.2. The number of unbranched alkanes of at least 4 members (excludes halogenated alkanes) is 4.